The third-order valence-corrected chi connectivity index (χ3v) is 4.55. The predicted molar refractivity (Wildman–Crippen MR) is 98.0 cm³/mol. The zero-order chi connectivity index (χ0) is 18.4. The van der Waals surface area contributed by atoms with E-state index in [1.54, 1.807) is 31.4 Å². The summed E-state index contributed by atoms with van der Waals surface area (Å²) in [6.45, 7) is 3.52. The molecule has 0 fully saturated rings. The molecule has 5 nitrogen and oxygen atoms in total. The van der Waals surface area contributed by atoms with Gasteiger partial charge in [0.2, 0.25) is 5.91 Å². The quantitative estimate of drug-likeness (QED) is 0.763. The number of furan rings is 1. The van der Waals surface area contributed by atoms with Crippen LogP contribution in [0.4, 0.5) is 0 Å². The number of rotatable bonds is 7. The molecule has 0 spiro atoms. The van der Waals surface area contributed by atoms with E-state index in [9.17, 15) is 9.59 Å². The molecule has 0 saturated carbocycles. The SMILES string of the molecule is CC(CCc1ccco1)NC(=O)C(C)NC(=O)c1cccc(Cl)c1Cl. The van der Waals surface area contributed by atoms with Crippen molar-refractivity contribution in [1.82, 2.24) is 10.6 Å². The van der Waals surface area contributed by atoms with Crippen LogP contribution in [0.15, 0.2) is 41.0 Å². The summed E-state index contributed by atoms with van der Waals surface area (Å²) in [5.41, 5.74) is 0.236. The molecule has 0 aliphatic heterocycles. The fourth-order valence-corrected chi connectivity index (χ4v) is 2.66. The van der Waals surface area contributed by atoms with Gasteiger partial charge in [0.25, 0.3) is 5.91 Å². The van der Waals surface area contributed by atoms with Gasteiger partial charge in [-0.2, -0.15) is 0 Å². The highest BCUT2D eigenvalue weighted by atomic mass is 35.5. The molecule has 0 aliphatic rings. The van der Waals surface area contributed by atoms with Gasteiger partial charge in [-0.3, -0.25) is 9.59 Å². The van der Waals surface area contributed by atoms with Crippen LogP contribution in [-0.4, -0.2) is 23.9 Å². The van der Waals surface area contributed by atoms with E-state index in [0.717, 1.165) is 18.6 Å². The number of carbonyl (C=O) groups is 2. The molecule has 1 aromatic heterocycles. The lowest BCUT2D eigenvalue weighted by molar-refractivity contribution is -0.123. The highest BCUT2D eigenvalue weighted by molar-refractivity contribution is 6.43. The zero-order valence-corrected chi connectivity index (χ0v) is 15.5. The summed E-state index contributed by atoms with van der Waals surface area (Å²) in [4.78, 5) is 24.5. The zero-order valence-electron chi connectivity index (χ0n) is 14.0. The molecule has 0 saturated heterocycles. The van der Waals surface area contributed by atoms with E-state index in [2.05, 4.69) is 10.6 Å². The van der Waals surface area contributed by atoms with Gasteiger partial charge in [0, 0.05) is 12.5 Å². The second-order valence-corrected chi connectivity index (χ2v) is 6.61. The molecular formula is C18H20Cl2N2O3. The summed E-state index contributed by atoms with van der Waals surface area (Å²) in [5.74, 6) is 0.162. The summed E-state index contributed by atoms with van der Waals surface area (Å²) >= 11 is 11.9. The first kappa shape index (κ1) is 19.3. The standard InChI is InChI=1S/C18H20Cl2N2O3/c1-11(8-9-13-5-4-10-25-13)21-17(23)12(2)22-18(24)14-6-3-7-15(19)16(14)20/h3-7,10-12H,8-9H2,1-2H3,(H,21,23)(H,22,24). The molecule has 7 heteroatoms. The Labute approximate surface area is 156 Å². The molecule has 0 radical (unpaired) electrons. The molecule has 25 heavy (non-hydrogen) atoms. The van der Waals surface area contributed by atoms with Crippen LogP contribution in [0, 0.1) is 0 Å². The Bertz CT molecular complexity index is 732. The van der Waals surface area contributed by atoms with Crippen molar-refractivity contribution < 1.29 is 14.0 Å². The molecule has 2 amide bonds. The van der Waals surface area contributed by atoms with E-state index in [1.807, 2.05) is 19.1 Å². The van der Waals surface area contributed by atoms with Gasteiger partial charge in [0.1, 0.15) is 11.8 Å². The van der Waals surface area contributed by atoms with Crippen molar-refractivity contribution in [3.63, 3.8) is 0 Å². The largest absolute Gasteiger partial charge is 0.469 e. The van der Waals surface area contributed by atoms with Crippen LogP contribution >= 0.6 is 23.2 Å². The lowest BCUT2D eigenvalue weighted by atomic mass is 10.1. The number of hydrogen-bond donors (Lipinski definition) is 2. The van der Waals surface area contributed by atoms with E-state index in [1.165, 1.54) is 0 Å². The Morgan fingerprint density at radius 2 is 1.88 bits per heavy atom. The molecule has 2 aromatic rings. The van der Waals surface area contributed by atoms with Gasteiger partial charge in [0.15, 0.2) is 0 Å². The van der Waals surface area contributed by atoms with Crippen LogP contribution in [0.5, 0.6) is 0 Å². The minimum absolute atomic E-state index is 0.0493. The molecule has 1 heterocycles. The summed E-state index contributed by atoms with van der Waals surface area (Å²) in [6, 6.07) is 7.76. The normalized spacial score (nSPS) is 13.1. The van der Waals surface area contributed by atoms with Crippen molar-refractivity contribution >= 4 is 35.0 Å². The van der Waals surface area contributed by atoms with E-state index < -0.39 is 11.9 Å². The molecule has 134 valence electrons. The maximum atomic E-state index is 12.3. The van der Waals surface area contributed by atoms with Gasteiger partial charge in [-0.1, -0.05) is 29.3 Å². The minimum Gasteiger partial charge on any atom is -0.469 e. The maximum Gasteiger partial charge on any atom is 0.253 e. The average Bonchev–Trinajstić information content (AvgIpc) is 3.08. The van der Waals surface area contributed by atoms with Gasteiger partial charge in [-0.15, -0.1) is 0 Å². The van der Waals surface area contributed by atoms with E-state index in [-0.39, 0.29) is 27.6 Å². The number of nitrogens with one attached hydrogen (secondary N) is 2. The monoisotopic (exact) mass is 382 g/mol. The molecule has 0 bridgehead atoms. The Hall–Kier alpha value is -1.98. The van der Waals surface area contributed by atoms with Crippen molar-refractivity contribution in [2.24, 2.45) is 0 Å². The number of carbonyl (C=O) groups excluding carboxylic acids is 2. The highest BCUT2D eigenvalue weighted by Gasteiger charge is 2.20. The smallest absolute Gasteiger partial charge is 0.253 e. The average molecular weight is 383 g/mol. The fraction of sp³-hybridized carbons (Fsp3) is 0.333. The van der Waals surface area contributed by atoms with Gasteiger partial charge >= 0.3 is 0 Å². The van der Waals surface area contributed by atoms with Crippen molar-refractivity contribution in [1.29, 1.82) is 0 Å². The van der Waals surface area contributed by atoms with Crippen LogP contribution in [0.2, 0.25) is 10.0 Å². The minimum atomic E-state index is -0.700. The number of aryl methyl sites for hydroxylation is 1. The van der Waals surface area contributed by atoms with Crippen molar-refractivity contribution in [3.8, 4) is 0 Å². The Kier molecular flexibility index (Phi) is 6.91. The number of benzene rings is 1. The topological polar surface area (TPSA) is 71.3 Å². The van der Waals surface area contributed by atoms with Crippen molar-refractivity contribution in [3.05, 3.63) is 58.0 Å². The van der Waals surface area contributed by atoms with E-state index in [0.29, 0.717) is 0 Å². The van der Waals surface area contributed by atoms with Gasteiger partial charge in [-0.05, 0) is 44.5 Å². The molecular weight excluding hydrogens is 363 g/mol. The second kappa shape index (κ2) is 8.92. The van der Waals surface area contributed by atoms with Gasteiger partial charge in [-0.25, -0.2) is 0 Å². The maximum absolute atomic E-state index is 12.3. The lowest BCUT2D eigenvalue weighted by Crippen LogP contribution is -2.47. The first-order chi connectivity index (χ1) is 11.9. The van der Waals surface area contributed by atoms with Gasteiger partial charge < -0.3 is 15.1 Å². The van der Waals surface area contributed by atoms with Crippen LogP contribution in [-0.2, 0) is 11.2 Å². The van der Waals surface area contributed by atoms with Crippen LogP contribution < -0.4 is 10.6 Å². The van der Waals surface area contributed by atoms with E-state index in [4.69, 9.17) is 27.6 Å². The summed E-state index contributed by atoms with van der Waals surface area (Å²) in [7, 11) is 0. The Morgan fingerprint density at radius 1 is 1.12 bits per heavy atom. The van der Waals surface area contributed by atoms with Crippen molar-refractivity contribution in [2.75, 3.05) is 0 Å². The molecule has 2 N–H and O–H groups in total. The van der Waals surface area contributed by atoms with Crippen LogP contribution in [0.3, 0.4) is 0 Å². The second-order valence-electron chi connectivity index (χ2n) is 5.82. The Balaban J connectivity index is 1.84. The van der Waals surface area contributed by atoms with Gasteiger partial charge in [0.05, 0.1) is 21.9 Å². The first-order valence-electron chi connectivity index (χ1n) is 7.96. The summed E-state index contributed by atoms with van der Waals surface area (Å²) in [5, 5.41) is 5.95. The molecule has 2 unspecified atom stereocenters. The van der Waals surface area contributed by atoms with Crippen molar-refractivity contribution in [2.45, 2.75) is 38.8 Å². The number of halogens is 2. The predicted octanol–water partition coefficient (Wildman–Crippen LogP) is 3.84. The third-order valence-electron chi connectivity index (χ3n) is 3.73. The summed E-state index contributed by atoms with van der Waals surface area (Å²) < 4.78 is 5.27. The number of hydrogen-bond acceptors (Lipinski definition) is 3. The Morgan fingerprint density at radius 3 is 2.56 bits per heavy atom. The summed E-state index contributed by atoms with van der Waals surface area (Å²) in [6.07, 6.45) is 3.09. The van der Waals surface area contributed by atoms with Crippen LogP contribution in [0.25, 0.3) is 0 Å². The third kappa shape index (κ3) is 5.51. The highest BCUT2D eigenvalue weighted by Crippen LogP contribution is 2.25. The van der Waals surface area contributed by atoms with Crippen LogP contribution in [0.1, 0.15) is 36.4 Å². The number of amides is 2. The molecule has 2 rings (SSSR count). The molecule has 1 aromatic carbocycles. The lowest BCUT2D eigenvalue weighted by Gasteiger charge is -2.18. The molecule has 0 aliphatic carbocycles. The molecule has 2 atom stereocenters. The van der Waals surface area contributed by atoms with E-state index >= 15 is 0 Å². The fourth-order valence-electron chi connectivity index (χ4n) is 2.27. The first-order valence-corrected chi connectivity index (χ1v) is 8.71.